The van der Waals surface area contributed by atoms with Gasteiger partial charge in [0.15, 0.2) is 0 Å². The highest BCUT2D eigenvalue weighted by atomic mass is 16.5. The van der Waals surface area contributed by atoms with E-state index in [1.165, 1.54) is 12.8 Å². The lowest BCUT2D eigenvalue weighted by atomic mass is 9.94. The number of nitrogens with one attached hydrogen (secondary N) is 1. The summed E-state index contributed by atoms with van der Waals surface area (Å²) < 4.78 is 5.67. The van der Waals surface area contributed by atoms with Crippen LogP contribution in [0.15, 0.2) is 29.8 Å². The van der Waals surface area contributed by atoms with Crippen molar-refractivity contribution in [3.63, 3.8) is 0 Å². The summed E-state index contributed by atoms with van der Waals surface area (Å²) in [5, 5.41) is 12.4. The summed E-state index contributed by atoms with van der Waals surface area (Å²) in [6, 6.07) is 8.10. The van der Waals surface area contributed by atoms with Crippen LogP contribution >= 0.6 is 0 Å². The van der Waals surface area contributed by atoms with Gasteiger partial charge in [-0.05, 0) is 48.4 Å². The molecular weight excluding hydrogens is 266 g/mol. The zero-order chi connectivity index (χ0) is 14.7. The molecule has 0 atom stereocenters. The molecule has 0 bridgehead atoms. The molecule has 1 fully saturated rings. The second-order valence-electron chi connectivity index (χ2n) is 5.84. The maximum absolute atomic E-state index is 11.3. The van der Waals surface area contributed by atoms with E-state index in [1.807, 2.05) is 24.3 Å². The van der Waals surface area contributed by atoms with Crippen molar-refractivity contribution >= 4 is 11.5 Å². The molecule has 1 saturated carbocycles. The number of carbonyl (C=O) groups is 1. The van der Waals surface area contributed by atoms with Gasteiger partial charge in [0.25, 0.3) is 0 Å². The van der Waals surface area contributed by atoms with Crippen LogP contribution in [0.5, 0.6) is 0 Å². The highest BCUT2D eigenvalue weighted by molar-refractivity contribution is 5.97. The average molecular weight is 287 g/mol. The Labute approximate surface area is 124 Å². The van der Waals surface area contributed by atoms with E-state index in [1.54, 1.807) is 0 Å². The first-order valence-electron chi connectivity index (χ1n) is 7.57. The fourth-order valence-corrected chi connectivity index (χ4v) is 2.64. The van der Waals surface area contributed by atoms with Crippen LogP contribution in [0, 0.1) is 5.92 Å². The van der Waals surface area contributed by atoms with E-state index in [0.29, 0.717) is 18.7 Å². The molecule has 1 aliphatic carbocycles. The molecule has 1 heterocycles. The monoisotopic (exact) mass is 287 g/mol. The lowest BCUT2D eigenvalue weighted by molar-refractivity contribution is -0.132. The molecule has 4 heteroatoms. The summed E-state index contributed by atoms with van der Waals surface area (Å²) in [7, 11) is 0. The van der Waals surface area contributed by atoms with Crippen LogP contribution in [0.4, 0.5) is 0 Å². The summed E-state index contributed by atoms with van der Waals surface area (Å²) in [4.78, 5) is 11.3. The summed E-state index contributed by atoms with van der Waals surface area (Å²) in [5.74, 6) is -0.0451. The van der Waals surface area contributed by atoms with Gasteiger partial charge in [-0.25, -0.2) is 4.79 Å². The van der Waals surface area contributed by atoms with Crippen molar-refractivity contribution in [3.05, 3.63) is 41.0 Å². The van der Waals surface area contributed by atoms with Gasteiger partial charge >= 0.3 is 5.97 Å². The number of aliphatic carboxylic acids is 1. The topological polar surface area (TPSA) is 58.6 Å². The number of benzene rings is 1. The van der Waals surface area contributed by atoms with Crippen LogP contribution in [0.3, 0.4) is 0 Å². The molecule has 2 aliphatic rings. The van der Waals surface area contributed by atoms with Gasteiger partial charge in [0.1, 0.15) is 0 Å². The van der Waals surface area contributed by atoms with Crippen molar-refractivity contribution in [1.29, 1.82) is 0 Å². The largest absolute Gasteiger partial charge is 0.478 e. The lowest BCUT2D eigenvalue weighted by Crippen LogP contribution is -2.28. The summed E-state index contributed by atoms with van der Waals surface area (Å²) in [5.41, 5.74) is 3.59. The predicted molar refractivity (Wildman–Crippen MR) is 80.9 cm³/mol. The highest BCUT2D eigenvalue weighted by Crippen LogP contribution is 2.29. The average Bonchev–Trinajstić information content (AvgIpc) is 3.32. The van der Waals surface area contributed by atoms with Crippen molar-refractivity contribution in [3.8, 4) is 0 Å². The zero-order valence-corrected chi connectivity index (χ0v) is 12.1. The van der Waals surface area contributed by atoms with E-state index in [4.69, 9.17) is 4.74 Å². The fourth-order valence-electron chi connectivity index (χ4n) is 2.64. The third-order valence-electron chi connectivity index (χ3n) is 4.10. The Balaban J connectivity index is 1.68. The van der Waals surface area contributed by atoms with Gasteiger partial charge in [-0.1, -0.05) is 24.3 Å². The van der Waals surface area contributed by atoms with E-state index in [9.17, 15) is 9.90 Å². The van der Waals surface area contributed by atoms with E-state index >= 15 is 0 Å². The van der Waals surface area contributed by atoms with E-state index in [2.05, 4.69) is 5.32 Å². The maximum Gasteiger partial charge on any atom is 0.333 e. The minimum atomic E-state index is -0.825. The second kappa shape index (κ2) is 6.41. The third-order valence-corrected chi connectivity index (χ3v) is 4.10. The number of hydrogen-bond acceptors (Lipinski definition) is 3. The van der Waals surface area contributed by atoms with Crippen molar-refractivity contribution in [2.24, 2.45) is 5.92 Å². The molecule has 1 aromatic rings. The number of carboxylic acids is 1. The van der Waals surface area contributed by atoms with E-state index < -0.39 is 5.97 Å². The van der Waals surface area contributed by atoms with Crippen molar-refractivity contribution in [2.45, 2.75) is 25.9 Å². The molecular formula is C17H21NO3. The van der Waals surface area contributed by atoms with Crippen molar-refractivity contribution in [1.82, 2.24) is 5.32 Å². The molecule has 4 nitrogen and oxygen atoms in total. The molecule has 1 aliphatic heterocycles. The molecule has 1 aromatic carbocycles. The van der Waals surface area contributed by atoms with E-state index in [-0.39, 0.29) is 0 Å². The minimum Gasteiger partial charge on any atom is -0.478 e. The van der Waals surface area contributed by atoms with Crippen molar-refractivity contribution in [2.75, 3.05) is 19.7 Å². The SMILES string of the molecule is O=C(O)C1=C(c2ccc(COCC3CC3)cc2)CCNC1. The molecule has 0 aromatic heterocycles. The van der Waals surface area contributed by atoms with Gasteiger partial charge in [0.05, 0.1) is 12.2 Å². The first-order chi connectivity index (χ1) is 10.2. The van der Waals surface area contributed by atoms with Gasteiger partial charge in [0, 0.05) is 13.2 Å². The molecule has 0 radical (unpaired) electrons. The highest BCUT2D eigenvalue weighted by Gasteiger charge is 2.21. The molecule has 0 spiro atoms. The molecule has 112 valence electrons. The van der Waals surface area contributed by atoms with Crippen LogP contribution < -0.4 is 5.32 Å². The minimum absolute atomic E-state index is 0.441. The Morgan fingerprint density at radius 3 is 2.71 bits per heavy atom. The third kappa shape index (κ3) is 3.71. The van der Waals surface area contributed by atoms with Crippen LogP contribution in [-0.2, 0) is 16.1 Å². The van der Waals surface area contributed by atoms with Crippen molar-refractivity contribution < 1.29 is 14.6 Å². The van der Waals surface area contributed by atoms with Crippen LogP contribution in [0.1, 0.15) is 30.4 Å². The van der Waals surface area contributed by atoms with Crippen LogP contribution in [0.25, 0.3) is 5.57 Å². The molecule has 2 N–H and O–H groups in total. The predicted octanol–water partition coefficient (Wildman–Crippen LogP) is 2.44. The Morgan fingerprint density at radius 1 is 1.29 bits per heavy atom. The Morgan fingerprint density at radius 2 is 2.05 bits per heavy atom. The van der Waals surface area contributed by atoms with Gasteiger partial charge in [-0.3, -0.25) is 0 Å². The smallest absolute Gasteiger partial charge is 0.333 e. The molecule has 0 saturated heterocycles. The number of ether oxygens (including phenoxy) is 1. The van der Waals surface area contributed by atoms with Crippen LogP contribution in [0.2, 0.25) is 0 Å². The Hall–Kier alpha value is -1.65. The number of hydrogen-bond donors (Lipinski definition) is 2. The van der Waals surface area contributed by atoms with Gasteiger partial charge in [0.2, 0.25) is 0 Å². The van der Waals surface area contributed by atoms with E-state index in [0.717, 1.165) is 42.2 Å². The quantitative estimate of drug-likeness (QED) is 0.843. The molecule has 0 amide bonds. The number of carboxylic acid groups (broad SMARTS) is 1. The van der Waals surface area contributed by atoms with Gasteiger partial charge < -0.3 is 15.2 Å². The summed E-state index contributed by atoms with van der Waals surface area (Å²) in [6.07, 6.45) is 3.37. The summed E-state index contributed by atoms with van der Waals surface area (Å²) in [6.45, 7) is 2.78. The first kappa shape index (κ1) is 14.3. The van der Waals surface area contributed by atoms with Crippen LogP contribution in [-0.4, -0.2) is 30.8 Å². The zero-order valence-electron chi connectivity index (χ0n) is 12.1. The standard InChI is InChI=1S/C17H21NO3/c19-17(20)16-9-18-8-7-15(16)14-5-3-13(4-6-14)11-21-10-12-1-2-12/h3-6,12,18H,1-2,7-11H2,(H,19,20). The Bertz CT molecular complexity index is 544. The molecule has 0 unspecified atom stereocenters. The Kier molecular flexibility index (Phi) is 4.36. The molecule has 3 rings (SSSR count). The summed E-state index contributed by atoms with van der Waals surface area (Å²) >= 11 is 0. The second-order valence-corrected chi connectivity index (χ2v) is 5.84. The molecule has 21 heavy (non-hydrogen) atoms. The first-order valence-corrected chi connectivity index (χ1v) is 7.57. The normalized spacial score (nSPS) is 18.9. The lowest BCUT2D eigenvalue weighted by Gasteiger charge is -2.19. The van der Waals surface area contributed by atoms with Gasteiger partial charge in [-0.15, -0.1) is 0 Å². The fraction of sp³-hybridized carbons (Fsp3) is 0.471. The maximum atomic E-state index is 11.3. The van der Waals surface area contributed by atoms with Gasteiger partial charge in [-0.2, -0.15) is 0 Å². The number of rotatable bonds is 6.